The molecule has 0 amide bonds. The van der Waals surface area contributed by atoms with Crippen LogP contribution in [0.5, 0.6) is 0 Å². The molecular weight excluding hydrogens is 468 g/mol. The van der Waals surface area contributed by atoms with Crippen LogP contribution in [0.4, 0.5) is 14.5 Å². The van der Waals surface area contributed by atoms with Crippen molar-refractivity contribution in [2.24, 2.45) is 0 Å². The van der Waals surface area contributed by atoms with Gasteiger partial charge < -0.3 is 15.6 Å². The number of hydrogen-bond acceptors (Lipinski definition) is 7. The number of ketones is 2. The van der Waals surface area contributed by atoms with Gasteiger partial charge in [-0.25, -0.2) is 13.8 Å². The largest absolute Gasteiger partial charge is 0.485 e. The lowest BCUT2D eigenvalue weighted by molar-refractivity contribution is -0.128. The van der Waals surface area contributed by atoms with Crippen LogP contribution >= 0.6 is 11.6 Å². The maximum atomic E-state index is 14.5. The number of nitrogens with zero attached hydrogens (tertiary/aromatic N) is 2. The number of hydrogen-bond donors (Lipinski definition) is 2. The average molecular weight is 486 g/mol. The normalized spacial score (nSPS) is 17.8. The standard InChI is InChI=1S/C24H18ClF2N3O4/c25-10-21-24(33)19(32)9-20(34-21)13-5-6-29-11-12(13)7-18(31)23-17(28)8-16(27)22(30-23)14-3-1-2-4-15(14)26/h1-6,8-9,11,21,24,33H,7,10,28H2/t21-,24+/m1/s1. The van der Waals surface area contributed by atoms with E-state index < -0.39 is 35.4 Å². The Balaban J connectivity index is 1.69. The number of aromatic nitrogens is 2. The summed E-state index contributed by atoms with van der Waals surface area (Å²) in [5.74, 6) is -2.74. The van der Waals surface area contributed by atoms with Gasteiger partial charge in [0.2, 0.25) is 0 Å². The summed E-state index contributed by atoms with van der Waals surface area (Å²) >= 11 is 5.79. The molecule has 7 nitrogen and oxygen atoms in total. The van der Waals surface area contributed by atoms with Gasteiger partial charge in [-0.1, -0.05) is 12.1 Å². The topological polar surface area (TPSA) is 115 Å². The molecule has 0 aliphatic carbocycles. The highest BCUT2D eigenvalue weighted by Crippen LogP contribution is 2.30. The summed E-state index contributed by atoms with van der Waals surface area (Å²) in [6.45, 7) is 0. The van der Waals surface area contributed by atoms with E-state index >= 15 is 0 Å². The molecule has 0 fully saturated rings. The van der Waals surface area contributed by atoms with E-state index in [2.05, 4.69) is 9.97 Å². The Morgan fingerprint density at radius 2 is 1.94 bits per heavy atom. The molecule has 1 aliphatic heterocycles. The molecule has 0 radical (unpaired) electrons. The number of carbonyl (C=O) groups excluding carboxylic acids is 2. The number of pyridine rings is 2. The Morgan fingerprint density at radius 3 is 2.68 bits per heavy atom. The Bertz CT molecular complexity index is 1320. The van der Waals surface area contributed by atoms with Crippen molar-refractivity contribution in [2.75, 3.05) is 11.6 Å². The number of nitrogens with two attached hydrogens (primary N) is 1. The summed E-state index contributed by atoms with van der Waals surface area (Å²) in [5, 5.41) is 9.91. The minimum atomic E-state index is -1.40. The Labute approximate surface area is 197 Å². The third-order valence-corrected chi connectivity index (χ3v) is 5.57. The number of alkyl halides is 1. The molecule has 2 aromatic heterocycles. The molecule has 3 aromatic rings. The van der Waals surface area contributed by atoms with Crippen molar-refractivity contribution in [1.82, 2.24) is 9.97 Å². The zero-order chi connectivity index (χ0) is 24.4. The highest BCUT2D eigenvalue weighted by atomic mass is 35.5. The van der Waals surface area contributed by atoms with Gasteiger partial charge in [-0.3, -0.25) is 14.6 Å². The molecule has 0 saturated heterocycles. The van der Waals surface area contributed by atoms with Crippen molar-refractivity contribution in [3.63, 3.8) is 0 Å². The van der Waals surface area contributed by atoms with E-state index in [9.17, 15) is 23.5 Å². The molecule has 174 valence electrons. The lowest BCUT2D eigenvalue weighted by Crippen LogP contribution is -2.39. The summed E-state index contributed by atoms with van der Waals surface area (Å²) in [6.07, 6.45) is 1.35. The fraction of sp³-hybridized carbons (Fsp3) is 0.167. The molecule has 0 bridgehead atoms. The number of aliphatic hydroxyl groups excluding tert-OH is 1. The second-order valence-corrected chi connectivity index (χ2v) is 7.84. The van der Waals surface area contributed by atoms with Gasteiger partial charge >= 0.3 is 0 Å². The summed E-state index contributed by atoms with van der Waals surface area (Å²) < 4.78 is 34.4. The first kappa shape index (κ1) is 23.5. The summed E-state index contributed by atoms with van der Waals surface area (Å²) in [4.78, 5) is 33.3. The highest BCUT2D eigenvalue weighted by Gasteiger charge is 2.32. The molecule has 34 heavy (non-hydrogen) atoms. The minimum Gasteiger partial charge on any atom is -0.485 e. The molecule has 2 atom stereocenters. The fourth-order valence-corrected chi connectivity index (χ4v) is 3.78. The smallest absolute Gasteiger partial charge is 0.191 e. The minimum absolute atomic E-state index is 0.110. The van der Waals surface area contributed by atoms with Crippen molar-refractivity contribution >= 4 is 34.6 Å². The highest BCUT2D eigenvalue weighted by molar-refractivity contribution is 6.18. The first-order chi connectivity index (χ1) is 16.3. The van der Waals surface area contributed by atoms with Crippen molar-refractivity contribution in [3.05, 3.63) is 83.3 Å². The van der Waals surface area contributed by atoms with Crippen LogP contribution in [0.15, 0.2) is 54.9 Å². The van der Waals surface area contributed by atoms with Crippen LogP contribution in [0.3, 0.4) is 0 Å². The van der Waals surface area contributed by atoms with Crippen LogP contribution in [0, 0.1) is 11.6 Å². The molecule has 3 N–H and O–H groups in total. The number of Topliss-reactive ketones (excluding diaryl/α,β-unsaturated/α-hetero) is 1. The SMILES string of the molecule is Nc1cc(F)c(-c2ccccc2F)nc1C(=O)Cc1cnccc1C1=CC(=O)[C@H](O)[C@@H](CCl)O1. The fourth-order valence-electron chi connectivity index (χ4n) is 3.55. The first-order valence-electron chi connectivity index (χ1n) is 10.1. The van der Waals surface area contributed by atoms with Gasteiger partial charge in [-0.05, 0) is 23.8 Å². The van der Waals surface area contributed by atoms with Gasteiger partial charge in [0, 0.05) is 42.1 Å². The van der Waals surface area contributed by atoms with Crippen molar-refractivity contribution in [2.45, 2.75) is 18.6 Å². The van der Waals surface area contributed by atoms with Gasteiger partial charge in [0.1, 0.15) is 29.1 Å². The van der Waals surface area contributed by atoms with Crippen LogP contribution in [-0.4, -0.2) is 44.7 Å². The van der Waals surface area contributed by atoms with Crippen LogP contribution in [0.1, 0.15) is 21.6 Å². The van der Waals surface area contributed by atoms with Gasteiger partial charge in [0.15, 0.2) is 23.5 Å². The van der Waals surface area contributed by atoms with Gasteiger partial charge in [0.25, 0.3) is 0 Å². The molecule has 0 unspecified atom stereocenters. The van der Waals surface area contributed by atoms with Crippen LogP contribution in [0.2, 0.25) is 0 Å². The van der Waals surface area contributed by atoms with Gasteiger partial charge in [-0.2, -0.15) is 0 Å². The molecule has 3 heterocycles. The number of aliphatic hydroxyl groups is 1. The lowest BCUT2D eigenvalue weighted by Gasteiger charge is -2.27. The van der Waals surface area contributed by atoms with Crippen molar-refractivity contribution in [3.8, 4) is 11.3 Å². The predicted molar refractivity (Wildman–Crippen MR) is 121 cm³/mol. The first-order valence-corrected chi connectivity index (χ1v) is 10.7. The number of rotatable bonds is 6. The van der Waals surface area contributed by atoms with Crippen molar-refractivity contribution < 1.29 is 28.2 Å². The lowest BCUT2D eigenvalue weighted by atomic mass is 9.98. The van der Waals surface area contributed by atoms with Gasteiger partial charge in [0.05, 0.1) is 11.6 Å². The Hall–Kier alpha value is -3.69. The second kappa shape index (κ2) is 9.66. The Kier molecular flexibility index (Phi) is 6.67. The molecule has 0 spiro atoms. The molecule has 1 aliphatic rings. The van der Waals surface area contributed by atoms with Crippen LogP contribution < -0.4 is 5.73 Å². The summed E-state index contributed by atoms with van der Waals surface area (Å²) in [5.41, 5.74) is 5.71. The molecule has 4 rings (SSSR count). The van der Waals surface area contributed by atoms with Crippen molar-refractivity contribution in [1.29, 1.82) is 0 Å². The predicted octanol–water partition coefficient (Wildman–Crippen LogP) is 3.34. The number of ether oxygens (including phenoxy) is 1. The number of benzene rings is 1. The van der Waals surface area contributed by atoms with Crippen LogP contribution in [0.25, 0.3) is 17.0 Å². The van der Waals surface area contributed by atoms with Gasteiger partial charge in [-0.15, -0.1) is 11.6 Å². The van der Waals surface area contributed by atoms with E-state index in [-0.39, 0.29) is 40.7 Å². The van der Waals surface area contributed by atoms with E-state index in [1.165, 1.54) is 36.7 Å². The quantitative estimate of drug-likeness (QED) is 0.406. The summed E-state index contributed by atoms with van der Waals surface area (Å²) in [6, 6.07) is 7.92. The third-order valence-electron chi connectivity index (χ3n) is 5.27. The average Bonchev–Trinajstić information content (AvgIpc) is 2.82. The number of halogens is 3. The van der Waals surface area contributed by atoms with E-state index in [1.54, 1.807) is 0 Å². The monoisotopic (exact) mass is 485 g/mol. The zero-order valence-corrected chi connectivity index (χ0v) is 18.3. The Morgan fingerprint density at radius 1 is 1.18 bits per heavy atom. The zero-order valence-electron chi connectivity index (χ0n) is 17.5. The second-order valence-electron chi connectivity index (χ2n) is 7.54. The van der Waals surface area contributed by atoms with E-state index in [0.29, 0.717) is 11.1 Å². The van der Waals surface area contributed by atoms with E-state index in [0.717, 1.165) is 18.2 Å². The number of carbonyl (C=O) groups is 2. The summed E-state index contributed by atoms with van der Waals surface area (Å²) in [7, 11) is 0. The van der Waals surface area contributed by atoms with Crippen LogP contribution in [-0.2, 0) is 16.0 Å². The molecular formula is C24H18ClF2N3O4. The molecule has 1 aromatic carbocycles. The maximum Gasteiger partial charge on any atom is 0.191 e. The maximum absolute atomic E-state index is 14.5. The number of anilines is 1. The third kappa shape index (κ3) is 4.52. The number of nitrogen functional groups attached to an aromatic ring is 1. The van der Waals surface area contributed by atoms with E-state index in [1.807, 2.05) is 0 Å². The molecule has 10 heteroatoms. The van der Waals surface area contributed by atoms with E-state index in [4.69, 9.17) is 22.1 Å². The molecule has 0 saturated carbocycles.